The van der Waals surface area contributed by atoms with Gasteiger partial charge in [0.15, 0.2) is 0 Å². The summed E-state index contributed by atoms with van der Waals surface area (Å²) >= 11 is 0. The maximum atomic E-state index is 13.6. The van der Waals surface area contributed by atoms with Crippen LogP contribution in [0, 0.1) is 5.82 Å². The molecule has 20 heavy (non-hydrogen) atoms. The summed E-state index contributed by atoms with van der Waals surface area (Å²) in [4.78, 5) is -0.404. The Morgan fingerprint density at radius 1 is 1.40 bits per heavy atom. The molecule has 0 fully saturated rings. The molecule has 0 bridgehead atoms. The lowest BCUT2D eigenvalue weighted by Crippen LogP contribution is -2.28. The van der Waals surface area contributed by atoms with Crippen molar-refractivity contribution in [3.8, 4) is 0 Å². The minimum Gasteiger partial charge on any atom is -0.326 e. The lowest BCUT2D eigenvalue weighted by Gasteiger charge is -2.09. The van der Waals surface area contributed by atoms with Gasteiger partial charge in [-0.1, -0.05) is 11.3 Å². The molecule has 7 nitrogen and oxygen atoms in total. The van der Waals surface area contributed by atoms with Crippen molar-refractivity contribution < 1.29 is 12.8 Å². The van der Waals surface area contributed by atoms with Crippen LogP contribution < -0.4 is 10.5 Å². The largest absolute Gasteiger partial charge is 0.326 e. The highest BCUT2D eigenvalue weighted by molar-refractivity contribution is 7.89. The summed E-state index contributed by atoms with van der Waals surface area (Å²) in [6.45, 7) is 0.525. The van der Waals surface area contributed by atoms with E-state index >= 15 is 0 Å². The molecule has 0 aliphatic carbocycles. The van der Waals surface area contributed by atoms with E-state index in [1.165, 1.54) is 23.0 Å². The van der Waals surface area contributed by atoms with Crippen LogP contribution in [0.15, 0.2) is 35.5 Å². The second kappa shape index (κ2) is 6.07. The predicted octanol–water partition coefficient (Wildman–Crippen LogP) is -0.146. The van der Waals surface area contributed by atoms with Crippen LogP contribution in [-0.2, 0) is 23.1 Å². The first-order chi connectivity index (χ1) is 9.53. The van der Waals surface area contributed by atoms with Gasteiger partial charge < -0.3 is 5.73 Å². The number of rotatable bonds is 6. The minimum atomic E-state index is -3.92. The SMILES string of the molecule is NCc1ccc(F)c(S(=O)(=O)NCCn2ccnn2)c1. The zero-order chi connectivity index (χ0) is 14.6. The Balaban J connectivity index is 2.09. The fraction of sp³-hybridized carbons (Fsp3) is 0.273. The van der Waals surface area contributed by atoms with Gasteiger partial charge in [-0.15, -0.1) is 5.10 Å². The molecule has 9 heteroatoms. The molecule has 0 amide bonds. The van der Waals surface area contributed by atoms with Crippen molar-refractivity contribution in [1.29, 1.82) is 0 Å². The monoisotopic (exact) mass is 299 g/mol. The topological polar surface area (TPSA) is 103 Å². The van der Waals surface area contributed by atoms with E-state index in [-0.39, 0.29) is 13.1 Å². The van der Waals surface area contributed by atoms with Gasteiger partial charge in [0.05, 0.1) is 12.7 Å². The van der Waals surface area contributed by atoms with Crippen LogP contribution in [0.4, 0.5) is 4.39 Å². The van der Waals surface area contributed by atoms with Gasteiger partial charge in [0.25, 0.3) is 0 Å². The summed E-state index contributed by atoms with van der Waals surface area (Å²) < 4.78 is 41.4. The van der Waals surface area contributed by atoms with Gasteiger partial charge in [0.2, 0.25) is 10.0 Å². The van der Waals surface area contributed by atoms with Crippen LogP contribution in [0.2, 0.25) is 0 Å². The van der Waals surface area contributed by atoms with Gasteiger partial charge in [-0.05, 0) is 17.7 Å². The van der Waals surface area contributed by atoms with Crippen LogP contribution in [0.3, 0.4) is 0 Å². The van der Waals surface area contributed by atoms with Crippen molar-refractivity contribution in [2.75, 3.05) is 6.54 Å². The standard InChI is InChI=1S/C11H14FN5O2S/c12-10-2-1-9(8-13)7-11(10)20(18,19)15-4-6-17-5-3-14-16-17/h1-3,5,7,15H,4,6,8,13H2. The van der Waals surface area contributed by atoms with E-state index in [9.17, 15) is 12.8 Å². The maximum Gasteiger partial charge on any atom is 0.243 e. The molecule has 0 aliphatic rings. The van der Waals surface area contributed by atoms with Gasteiger partial charge in [-0.3, -0.25) is 4.68 Å². The quantitative estimate of drug-likeness (QED) is 0.772. The summed E-state index contributed by atoms with van der Waals surface area (Å²) in [6.07, 6.45) is 3.09. The van der Waals surface area contributed by atoms with E-state index < -0.39 is 20.7 Å². The summed E-state index contributed by atoms with van der Waals surface area (Å²) in [5.41, 5.74) is 5.96. The number of nitrogens with one attached hydrogen (secondary N) is 1. The van der Waals surface area contributed by atoms with Gasteiger partial charge in [-0.25, -0.2) is 17.5 Å². The molecule has 0 radical (unpaired) electrons. The van der Waals surface area contributed by atoms with E-state index in [2.05, 4.69) is 15.0 Å². The molecule has 1 aromatic carbocycles. The Kier molecular flexibility index (Phi) is 4.42. The number of halogens is 1. The average Bonchev–Trinajstić information content (AvgIpc) is 2.92. The smallest absolute Gasteiger partial charge is 0.243 e. The highest BCUT2D eigenvalue weighted by Crippen LogP contribution is 2.16. The second-order valence-corrected chi connectivity index (χ2v) is 5.77. The molecular formula is C11H14FN5O2S. The highest BCUT2D eigenvalue weighted by atomic mass is 32.2. The van der Waals surface area contributed by atoms with Gasteiger partial charge >= 0.3 is 0 Å². The summed E-state index contributed by atoms with van der Waals surface area (Å²) in [5, 5.41) is 7.29. The van der Waals surface area contributed by atoms with Crippen molar-refractivity contribution >= 4 is 10.0 Å². The third-order valence-electron chi connectivity index (χ3n) is 2.63. The molecule has 0 atom stereocenters. The Hall–Kier alpha value is -1.84. The molecule has 108 valence electrons. The van der Waals surface area contributed by atoms with Crippen LogP contribution in [0.5, 0.6) is 0 Å². The first-order valence-electron chi connectivity index (χ1n) is 5.85. The number of hydrogen-bond acceptors (Lipinski definition) is 5. The van der Waals surface area contributed by atoms with Crippen LogP contribution in [-0.4, -0.2) is 30.0 Å². The number of nitrogens with two attached hydrogens (primary N) is 1. The highest BCUT2D eigenvalue weighted by Gasteiger charge is 2.18. The minimum absolute atomic E-state index is 0.0813. The van der Waals surface area contributed by atoms with E-state index in [4.69, 9.17) is 5.73 Å². The zero-order valence-corrected chi connectivity index (χ0v) is 11.3. The Labute approximate surface area is 115 Å². The lowest BCUT2D eigenvalue weighted by atomic mass is 10.2. The summed E-state index contributed by atoms with van der Waals surface area (Å²) in [6, 6.07) is 3.77. The second-order valence-electron chi connectivity index (χ2n) is 4.03. The molecule has 3 N–H and O–H groups in total. The Bertz CT molecular complexity index is 672. The molecule has 0 spiro atoms. The van der Waals surface area contributed by atoms with Gasteiger partial charge in [0, 0.05) is 19.3 Å². The predicted molar refractivity (Wildman–Crippen MR) is 69.5 cm³/mol. The molecule has 2 rings (SSSR count). The molecule has 0 unspecified atom stereocenters. The van der Waals surface area contributed by atoms with Gasteiger partial charge in [-0.2, -0.15) is 0 Å². The third kappa shape index (κ3) is 3.38. The van der Waals surface area contributed by atoms with Crippen LogP contribution in [0.25, 0.3) is 0 Å². The molecule has 1 aromatic heterocycles. The van der Waals surface area contributed by atoms with Crippen molar-refractivity contribution in [3.05, 3.63) is 42.0 Å². The van der Waals surface area contributed by atoms with E-state index in [1.807, 2.05) is 0 Å². The summed E-state index contributed by atoms with van der Waals surface area (Å²) in [7, 11) is -3.92. The Morgan fingerprint density at radius 2 is 2.20 bits per heavy atom. The van der Waals surface area contributed by atoms with Crippen LogP contribution in [0.1, 0.15) is 5.56 Å². The van der Waals surface area contributed by atoms with Crippen molar-refractivity contribution in [2.45, 2.75) is 18.0 Å². The molecule has 0 saturated heterocycles. The molecule has 0 saturated carbocycles. The van der Waals surface area contributed by atoms with Crippen molar-refractivity contribution in [1.82, 2.24) is 19.7 Å². The number of hydrogen-bond donors (Lipinski definition) is 2. The number of benzene rings is 1. The first kappa shape index (κ1) is 14.6. The maximum absolute atomic E-state index is 13.6. The van der Waals surface area contributed by atoms with Gasteiger partial charge in [0.1, 0.15) is 10.7 Å². The fourth-order valence-electron chi connectivity index (χ4n) is 1.60. The van der Waals surface area contributed by atoms with Crippen molar-refractivity contribution in [3.63, 3.8) is 0 Å². The van der Waals surface area contributed by atoms with E-state index in [1.54, 1.807) is 6.20 Å². The number of sulfonamides is 1. The van der Waals surface area contributed by atoms with Crippen molar-refractivity contribution in [2.24, 2.45) is 5.73 Å². The molecule has 2 aromatic rings. The number of aromatic nitrogens is 3. The first-order valence-corrected chi connectivity index (χ1v) is 7.33. The molecular weight excluding hydrogens is 285 g/mol. The molecule has 1 heterocycles. The average molecular weight is 299 g/mol. The van der Waals surface area contributed by atoms with E-state index in [0.29, 0.717) is 12.1 Å². The van der Waals surface area contributed by atoms with E-state index in [0.717, 1.165) is 6.07 Å². The fourth-order valence-corrected chi connectivity index (χ4v) is 2.75. The lowest BCUT2D eigenvalue weighted by molar-refractivity contribution is 0.540. The third-order valence-corrected chi connectivity index (χ3v) is 4.10. The van der Waals surface area contributed by atoms with Crippen LogP contribution >= 0.6 is 0 Å². The Morgan fingerprint density at radius 3 is 2.85 bits per heavy atom. The normalized spacial score (nSPS) is 11.7. The molecule has 0 aliphatic heterocycles. The summed E-state index contributed by atoms with van der Waals surface area (Å²) in [5.74, 6) is -0.810. The number of nitrogens with zero attached hydrogens (tertiary/aromatic N) is 3. The zero-order valence-electron chi connectivity index (χ0n) is 10.5.